The van der Waals surface area contributed by atoms with Crippen LogP contribution in [-0.2, 0) is 0 Å². The van der Waals surface area contributed by atoms with Gasteiger partial charge in [-0.3, -0.25) is 4.79 Å². The first-order chi connectivity index (χ1) is 9.71. The van der Waals surface area contributed by atoms with Gasteiger partial charge in [0, 0.05) is 24.1 Å². The number of rotatable bonds is 4. The Labute approximate surface area is 118 Å². The molecule has 2 aliphatic rings. The Morgan fingerprint density at radius 2 is 1.90 bits per heavy atom. The highest BCUT2D eigenvalue weighted by atomic mass is 16.5. The van der Waals surface area contributed by atoms with Crippen LogP contribution in [0.4, 0.5) is 0 Å². The zero-order valence-electron chi connectivity index (χ0n) is 11.9. The summed E-state index contributed by atoms with van der Waals surface area (Å²) in [5.41, 5.74) is 0.569. The second-order valence-electron chi connectivity index (χ2n) is 5.58. The van der Waals surface area contributed by atoms with E-state index in [1.54, 1.807) is 19.2 Å². The van der Waals surface area contributed by atoms with Crippen LogP contribution in [0.25, 0.3) is 0 Å². The summed E-state index contributed by atoms with van der Waals surface area (Å²) >= 11 is 0. The predicted molar refractivity (Wildman–Crippen MR) is 74.3 cm³/mol. The zero-order chi connectivity index (χ0) is 14.1. The number of methoxy groups -OCH3 is 2. The first-order valence-corrected chi connectivity index (χ1v) is 7.10. The first-order valence-electron chi connectivity index (χ1n) is 7.10. The van der Waals surface area contributed by atoms with Gasteiger partial charge in [-0.1, -0.05) is 0 Å². The Bertz CT molecular complexity index is 506. The van der Waals surface area contributed by atoms with Crippen molar-refractivity contribution >= 4 is 5.78 Å². The molecule has 2 unspecified atom stereocenters. The van der Waals surface area contributed by atoms with Crippen molar-refractivity contribution in [3.63, 3.8) is 0 Å². The van der Waals surface area contributed by atoms with Gasteiger partial charge in [0.2, 0.25) is 11.8 Å². The zero-order valence-corrected chi connectivity index (χ0v) is 11.9. The number of aromatic nitrogens is 1. The molecule has 3 rings (SSSR count). The normalized spacial score (nSPS) is 28.2. The SMILES string of the molecule is COc1ccc(C(=O)C2CC3CCC(C2)N3)c(OC)n1. The number of carbonyl (C=O) groups is 1. The number of hydrogen-bond acceptors (Lipinski definition) is 5. The van der Waals surface area contributed by atoms with Crippen LogP contribution >= 0.6 is 0 Å². The molecule has 1 N–H and O–H groups in total. The Morgan fingerprint density at radius 3 is 2.50 bits per heavy atom. The lowest BCUT2D eigenvalue weighted by Crippen LogP contribution is -2.40. The lowest BCUT2D eigenvalue weighted by Gasteiger charge is -2.28. The van der Waals surface area contributed by atoms with E-state index in [0.29, 0.717) is 29.4 Å². The van der Waals surface area contributed by atoms with Gasteiger partial charge < -0.3 is 14.8 Å². The van der Waals surface area contributed by atoms with Crippen molar-refractivity contribution in [1.82, 2.24) is 10.3 Å². The molecule has 0 amide bonds. The molecule has 2 atom stereocenters. The van der Waals surface area contributed by atoms with Gasteiger partial charge in [-0.25, -0.2) is 0 Å². The van der Waals surface area contributed by atoms with E-state index in [2.05, 4.69) is 10.3 Å². The van der Waals surface area contributed by atoms with E-state index < -0.39 is 0 Å². The topological polar surface area (TPSA) is 60.5 Å². The summed E-state index contributed by atoms with van der Waals surface area (Å²) in [5, 5.41) is 3.55. The summed E-state index contributed by atoms with van der Waals surface area (Å²) in [4.78, 5) is 16.9. The molecule has 0 aromatic carbocycles. The Kier molecular flexibility index (Phi) is 3.61. The standard InChI is InChI=1S/C15H20N2O3/c1-19-13-6-5-12(15(17-13)20-2)14(18)9-7-10-3-4-11(8-9)16-10/h5-6,9-11,16H,3-4,7-8H2,1-2H3. The minimum atomic E-state index is 0.0813. The fraction of sp³-hybridized carbons (Fsp3) is 0.600. The lowest BCUT2D eigenvalue weighted by molar-refractivity contribution is 0.0871. The van der Waals surface area contributed by atoms with Gasteiger partial charge in [-0.15, -0.1) is 0 Å². The quantitative estimate of drug-likeness (QED) is 0.850. The molecule has 5 heteroatoms. The van der Waals surface area contributed by atoms with Gasteiger partial charge in [0.05, 0.1) is 19.8 Å². The van der Waals surface area contributed by atoms with E-state index in [9.17, 15) is 4.79 Å². The summed E-state index contributed by atoms with van der Waals surface area (Å²) in [6, 6.07) is 4.47. The molecular formula is C15H20N2O3. The molecule has 3 heterocycles. The third kappa shape index (κ3) is 2.38. The molecule has 2 aliphatic heterocycles. The fourth-order valence-corrected chi connectivity index (χ4v) is 3.37. The van der Waals surface area contributed by atoms with E-state index in [4.69, 9.17) is 9.47 Å². The largest absolute Gasteiger partial charge is 0.481 e. The molecule has 1 aromatic rings. The van der Waals surface area contributed by atoms with Crippen molar-refractivity contribution in [2.45, 2.75) is 37.8 Å². The van der Waals surface area contributed by atoms with E-state index in [0.717, 1.165) is 12.8 Å². The average Bonchev–Trinajstić information content (AvgIpc) is 2.84. The van der Waals surface area contributed by atoms with Crippen LogP contribution in [0.3, 0.4) is 0 Å². The van der Waals surface area contributed by atoms with Crippen molar-refractivity contribution in [2.24, 2.45) is 5.92 Å². The van der Waals surface area contributed by atoms with Gasteiger partial charge in [0.15, 0.2) is 5.78 Å². The Hall–Kier alpha value is -1.62. The highest BCUT2D eigenvalue weighted by Gasteiger charge is 2.37. The van der Waals surface area contributed by atoms with Crippen molar-refractivity contribution < 1.29 is 14.3 Å². The number of carbonyl (C=O) groups excluding carboxylic acids is 1. The molecule has 20 heavy (non-hydrogen) atoms. The van der Waals surface area contributed by atoms with Crippen LogP contribution in [0.1, 0.15) is 36.0 Å². The molecule has 1 aromatic heterocycles. The molecule has 2 fully saturated rings. The summed E-state index contributed by atoms with van der Waals surface area (Å²) in [5.74, 6) is 1.05. The number of pyridine rings is 1. The van der Waals surface area contributed by atoms with Gasteiger partial charge in [-0.2, -0.15) is 4.98 Å². The maximum Gasteiger partial charge on any atom is 0.227 e. The lowest BCUT2D eigenvalue weighted by atomic mass is 9.86. The minimum Gasteiger partial charge on any atom is -0.481 e. The first kappa shape index (κ1) is 13.4. The average molecular weight is 276 g/mol. The third-order valence-corrected chi connectivity index (χ3v) is 4.35. The molecule has 0 radical (unpaired) electrons. The maximum absolute atomic E-state index is 12.7. The van der Waals surface area contributed by atoms with Crippen molar-refractivity contribution in [3.8, 4) is 11.8 Å². The predicted octanol–water partition coefficient (Wildman–Crippen LogP) is 1.81. The van der Waals surface area contributed by atoms with Crippen LogP contribution < -0.4 is 14.8 Å². The second-order valence-corrected chi connectivity index (χ2v) is 5.58. The van der Waals surface area contributed by atoms with Gasteiger partial charge in [-0.05, 0) is 31.7 Å². The van der Waals surface area contributed by atoms with Gasteiger partial charge >= 0.3 is 0 Å². The second kappa shape index (κ2) is 5.40. The monoisotopic (exact) mass is 276 g/mol. The van der Waals surface area contributed by atoms with E-state index in [1.807, 2.05) is 0 Å². The van der Waals surface area contributed by atoms with Crippen molar-refractivity contribution in [3.05, 3.63) is 17.7 Å². The summed E-state index contributed by atoms with van der Waals surface area (Å²) in [6.07, 6.45) is 4.22. The molecule has 0 saturated carbocycles. The maximum atomic E-state index is 12.7. The summed E-state index contributed by atoms with van der Waals surface area (Å²) in [7, 11) is 3.08. The van der Waals surface area contributed by atoms with Gasteiger partial charge in [0.25, 0.3) is 0 Å². The van der Waals surface area contributed by atoms with Crippen LogP contribution in [0.2, 0.25) is 0 Å². The number of piperidine rings is 1. The van der Waals surface area contributed by atoms with Crippen LogP contribution in [-0.4, -0.2) is 37.1 Å². The van der Waals surface area contributed by atoms with Crippen LogP contribution in [0.5, 0.6) is 11.8 Å². The summed E-state index contributed by atoms with van der Waals surface area (Å²) in [6.45, 7) is 0. The molecule has 2 saturated heterocycles. The highest BCUT2D eigenvalue weighted by Crippen LogP contribution is 2.34. The number of hydrogen-bond donors (Lipinski definition) is 1. The molecule has 0 spiro atoms. The fourth-order valence-electron chi connectivity index (χ4n) is 3.37. The Morgan fingerprint density at radius 1 is 1.20 bits per heavy atom. The molecular weight excluding hydrogens is 256 g/mol. The number of ketones is 1. The van der Waals surface area contributed by atoms with Crippen LogP contribution in [0.15, 0.2) is 12.1 Å². The van der Waals surface area contributed by atoms with Crippen molar-refractivity contribution in [2.75, 3.05) is 14.2 Å². The smallest absolute Gasteiger partial charge is 0.227 e. The molecule has 0 aliphatic carbocycles. The van der Waals surface area contributed by atoms with E-state index in [-0.39, 0.29) is 11.7 Å². The van der Waals surface area contributed by atoms with Crippen molar-refractivity contribution in [1.29, 1.82) is 0 Å². The number of nitrogens with one attached hydrogen (secondary N) is 1. The van der Waals surface area contributed by atoms with Gasteiger partial charge in [0.1, 0.15) is 0 Å². The highest BCUT2D eigenvalue weighted by molar-refractivity contribution is 6.00. The van der Waals surface area contributed by atoms with Crippen LogP contribution in [0, 0.1) is 5.92 Å². The Balaban J connectivity index is 1.83. The number of Topliss-reactive ketones (excluding diaryl/α,β-unsaturated/α-hetero) is 1. The van der Waals surface area contributed by atoms with E-state index >= 15 is 0 Å². The molecule has 5 nitrogen and oxygen atoms in total. The summed E-state index contributed by atoms with van der Waals surface area (Å²) < 4.78 is 10.3. The minimum absolute atomic E-state index is 0.0813. The number of nitrogens with zero attached hydrogens (tertiary/aromatic N) is 1. The number of ether oxygens (including phenoxy) is 2. The number of fused-ring (bicyclic) bond motifs is 2. The third-order valence-electron chi connectivity index (χ3n) is 4.35. The van der Waals surface area contributed by atoms with E-state index in [1.165, 1.54) is 20.0 Å². The molecule has 2 bridgehead atoms. The molecule has 108 valence electrons.